The van der Waals surface area contributed by atoms with Crippen molar-refractivity contribution < 1.29 is 18.0 Å². The minimum atomic E-state index is -4.37. The molecule has 0 radical (unpaired) electrons. The van der Waals surface area contributed by atoms with Crippen LogP contribution in [0.25, 0.3) is 0 Å². The van der Waals surface area contributed by atoms with Crippen LogP contribution in [0.2, 0.25) is 0 Å². The normalized spacial score (nSPS) is 15.4. The van der Waals surface area contributed by atoms with Gasteiger partial charge in [0.05, 0.1) is 12.1 Å². The molecule has 0 atom stereocenters. The third-order valence-electron chi connectivity index (χ3n) is 4.97. The van der Waals surface area contributed by atoms with Gasteiger partial charge in [0.1, 0.15) is 0 Å². The molecule has 1 aliphatic rings. The van der Waals surface area contributed by atoms with E-state index in [1.165, 1.54) is 25.0 Å². The zero-order valence-corrected chi connectivity index (χ0v) is 15.7. The van der Waals surface area contributed by atoms with Crippen LogP contribution in [0.5, 0.6) is 0 Å². The van der Waals surface area contributed by atoms with Crippen molar-refractivity contribution in [1.29, 1.82) is 0 Å². The number of alkyl halides is 3. The first-order valence-electron chi connectivity index (χ1n) is 9.37. The van der Waals surface area contributed by atoms with Gasteiger partial charge in [0.25, 0.3) is 0 Å². The van der Waals surface area contributed by atoms with E-state index in [1.54, 1.807) is 0 Å². The highest BCUT2D eigenvalue weighted by Crippen LogP contribution is 2.29. The average Bonchev–Trinajstić information content (AvgIpc) is 2.67. The standard InChI is InChI=1S/C21H24F3N3O/c1-15-10-12-27(13-11-15)19-8-6-18(7-9-19)26-20(28)14-25-17-4-2-16(3-5-17)21(22,23)24/h2-9,15,25H,10-14H2,1H3,(H,26,28). The minimum Gasteiger partial charge on any atom is -0.376 e. The molecule has 7 heteroatoms. The summed E-state index contributed by atoms with van der Waals surface area (Å²) in [6.45, 7) is 4.33. The summed E-state index contributed by atoms with van der Waals surface area (Å²) in [4.78, 5) is 14.4. The second-order valence-electron chi connectivity index (χ2n) is 7.19. The van der Waals surface area contributed by atoms with Crippen LogP contribution in [0.3, 0.4) is 0 Å². The van der Waals surface area contributed by atoms with Gasteiger partial charge in [-0.15, -0.1) is 0 Å². The largest absolute Gasteiger partial charge is 0.416 e. The van der Waals surface area contributed by atoms with Crippen molar-refractivity contribution in [3.05, 3.63) is 54.1 Å². The Morgan fingerprint density at radius 2 is 1.57 bits per heavy atom. The summed E-state index contributed by atoms with van der Waals surface area (Å²) in [6, 6.07) is 12.3. The Morgan fingerprint density at radius 3 is 2.14 bits per heavy atom. The fourth-order valence-electron chi connectivity index (χ4n) is 3.19. The van der Waals surface area contributed by atoms with Crippen molar-refractivity contribution in [2.45, 2.75) is 25.9 Å². The van der Waals surface area contributed by atoms with Crippen molar-refractivity contribution in [1.82, 2.24) is 0 Å². The Morgan fingerprint density at radius 1 is 1.00 bits per heavy atom. The van der Waals surface area contributed by atoms with Crippen molar-refractivity contribution in [2.24, 2.45) is 5.92 Å². The lowest BCUT2D eigenvalue weighted by Crippen LogP contribution is -2.32. The molecule has 150 valence electrons. The molecule has 3 rings (SSSR count). The van der Waals surface area contributed by atoms with E-state index in [0.717, 1.165) is 36.8 Å². The van der Waals surface area contributed by atoms with Crippen molar-refractivity contribution >= 4 is 23.0 Å². The fourth-order valence-corrected chi connectivity index (χ4v) is 3.19. The maximum Gasteiger partial charge on any atom is 0.416 e. The van der Waals surface area contributed by atoms with E-state index in [2.05, 4.69) is 22.5 Å². The van der Waals surface area contributed by atoms with E-state index in [0.29, 0.717) is 11.4 Å². The fraction of sp³-hybridized carbons (Fsp3) is 0.381. The van der Waals surface area contributed by atoms with Crippen LogP contribution in [0.4, 0.5) is 30.2 Å². The van der Waals surface area contributed by atoms with Crippen LogP contribution in [0.15, 0.2) is 48.5 Å². The average molecular weight is 391 g/mol. The van der Waals surface area contributed by atoms with Gasteiger partial charge in [0.2, 0.25) is 5.91 Å². The molecule has 2 N–H and O–H groups in total. The minimum absolute atomic E-state index is 0.0306. The number of rotatable bonds is 5. The third kappa shape index (κ3) is 5.41. The first kappa shape index (κ1) is 20.0. The lowest BCUT2D eigenvalue weighted by atomic mass is 9.99. The summed E-state index contributed by atoms with van der Waals surface area (Å²) in [6.07, 6.45) is -1.99. The van der Waals surface area contributed by atoms with E-state index >= 15 is 0 Å². The lowest BCUT2D eigenvalue weighted by molar-refractivity contribution is -0.137. The molecule has 0 aromatic heterocycles. The van der Waals surface area contributed by atoms with Crippen LogP contribution in [0, 0.1) is 5.92 Å². The molecule has 2 aromatic carbocycles. The number of benzene rings is 2. The molecule has 0 saturated carbocycles. The van der Waals surface area contributed by atoms with E-state index in [-0.39, 0.29) is 12.5 Å². The number of carbonyl (C=O) groups is 1. The third-order valence-corrected chi connectivity index (χ3v) is 4.97. The molecule has 1 saturated heterocycles. The highest BCUT2D eigenvalue weighted by Gasteiger charge is 2.29. The molecule has 1 amide bonds. The zero-order valence-electron chi connectivity index (χ0n) is 15.7. The summed E-state index contributed by atoms with van der Waals surface area (Å²) in [7, 11) is 0. The number of nitrogens with one attached hydrogen (secondary N) is 2. The SMILES string of the molecule is CC1CCN(c2ccc(NC(=O)CNc3ccc(C(F)(F)F)cc3)cc2)CC1. The second-order valence-corrected chi connectivity index (χ2v) is 7.19. The highest BCUT2D eigenvalue weighted by molar-refractivity contribution is 5.93. The molecule has 0 bridgehead atoms. The molecular weight excluding hydrogens is 367 g/mol. The maximum absolute atomic E-state index is 12.6. The summed E-state index contributed by atoms with van der Waals surface area (Å²) in [5.41, 5.74) is 1.57. The zero-order chi connectivity index (χ0) is 20.1. The second kappa shape index (κ2) is 8.54. The van der Waals surface area contributed by atoms with Gasteiger partial charge in [-0.25, -0.2) is 0 Å². The van der Waals surface area contributed by atoms with E-state index in [4.69, 9.17) is 0 Å². The molecule has 1 heterocycles. The monoisotopic (exact) mass is 391 g/mol. The molecule has 1 aliphatic heterocycles. The smallest absolute Gasteiger partial charge is 0.376 e. The van der Waals surface area contributed by atoms with Gasteiger partial charge in [0.15, 0.2) is 0 Å². The molecule has 0 unspecified atom stereocenters. The predicted molar refractivity (Wildman–Crippen MR) is 106 cm³/mol. The Hall–Kier alpha value is -2.70. The molecule has 4 nitrogen and oxygen atoms in total. The van der Waals surface area contributed by atoms with Gasteiger partial charge in [-0.2, -0.15) is 13.2 Å². The number of amides is 1. The first-order chi connectivity index (χ1) is 13.3. The van der Waals surface area contributed by atoms with Gasteiger partial charge in [0, 0.05) is 30.2 Å². The van der Waals surface area contributed by atoms with Gasteiger partial charge in [-0.1, -0.05) is 6.92 Å². The molecule has 28 heavy (non-hydrogen) atoms. The van der Waals surface area contributed by atoms with Crippen LogP contribution in [0.1, 0.15) is 25.3 Å². The summed E-state index contributed by atoms with van der Waals surface area (Å²) in [5, 5.41) is 5.61. The molecule has 0 aliphatic carbocycles. The first-order valence-corrected chi connectivity index (χ1v) is 9.37. The number of halogens is 3. The topological polar surface area (TPSA) is 44.4 Å². The van der Waals surface area contributed by atoms with Crippen molar-refractivity contribution in [3.8, 4) is 0 Å². The van der Waals surface area contributed by atoms with E-state index in [9.17, 15) is 18.0 Å². The van der Waals surface area contributed by atoms with E-state index in [1.807, 2.05) is 24.3 Å². The highest BCUT2D eigenvalue weighted by atomic mass is 19.4. The molecule has 2 aromatic rings. The van der Waals surface area contributed by atoms with Crippen LogP contribution >= 0.6 is 0 Å². The summed E-state index contributed by atoms with van der Waals surface area (Å²) < 4.78 is 37.7. The van der Waals surface area contributed by atoms with Crippen LogP contribution < -0.4 is 15.5 Å². The van der Waals surface area contributed by atoms with Crippen molar-refractivity contribution in [3.63, 3.8) is 0 Å². The lowest BCUT2D eigenvalue weighted by Gasteiger charge is -2.32. The Bertz CT molecular complexity index is 780. The molecule has 1 fully saturated rings. The van der Waals surface area contributed by atoms with E-state index < -0.39 is 11.7 Å². The Balaban J connectivity index is 1.48. The number of hydrogen-bond acceptors (Lipinski definition) is 3. The number of nitrogens with zero attached hydrogens (tertiary/aromatic N) is 1. The molecular formula is C21H24F3N3O. The van der Waals surface area contributed by atoms with Gasteiger partial charge in [-0.05, 0) is 67.3 Å². The van der Waals surface area contributed by atoms with Crippen LogP contribution in [-0.2, 0) is 11.0 Å². The van der Waals surface area contributed by atoms with Crippen molar-refractivity contribution in [2.75, 3.05) is 35.2 Å². The number of anilines is 3. The summed E-state index contributed by atoms with van der Waals surface area (Å²) >= 11 is 0. The number of carbonyl (C=O) groups excluding carboxylic acids is 1. The van der Waals surface area contributed by atoms with Crippen LogP contribution in [-0.4, -0.2) is 25.5 Å². The van der Waals surface area contributed by atoms with Gasteiger partial charge < -0.3 is 15.5 Å². The Kier molecular flexibility index (Phi) is 6.11. The van der Waals surface area contributed by atoms with Gasteiger partial charge >= 0.3 is 6.18 Å². The summed E-state index contributed by atoms with van der Waals surface area (Å²) in [5.74, 6) is 0.506. The Labute approximate surface area is 162 Å². The number of piperidine rings is 1. The van der Waals surface area contributed by atoms with Gasteiger partial charge in [-0.3, -0.25) is 4.79 Å². The maximum atomic E-state index is 12.6. The predicted octanol–water partition coefficient (Wildman–Crippen LogP) is 4.99. The molecule has 0 spiro atoms. The number of hydrogen-bond donors (Lipinski definition) is 2. The quantitative estimate of drug-likeness (QED) is 0.755.